The molecule has 0 aliphatic carbocycles. The van der Waals surface area contributed by atoms with Gasteiger partial charge in [-0.2, -0.15) is 0 Å². The predicted molar refractivity (Wildman–Crippen MR) is 78.6 cm³/mol. The van der Waals surface area contributed by atoms with Gasteiger partial charge in [0.25, 0.3) is 0 Å². The lowest BCUT2D eigenvalue weighted by Gasteiger charge is -2.26. The number of hydrogen-bond acceptors (Lipinski definition) is 5. The molecule has 1 unspecified atom stereocenters. The van der Waals surface area contributed by atoms with E-state index in [1.807, 2.05) is 19.9 Å². The first-order chi connectivity index (χ1) is 8.88. The molecular weight excluding hydrogens is 240 g/mol. The first kappa shape index (κ1) is 15.7. The third kappa shape index (κ3) is 5.87. The van der Waals surface area contributed by atoms with Gasteiger partial charge in [-0.3, -0.25) is 0 Å². The Morgan fingerprint density at radius 1 is 1.21 bits per heavy atom. The first-order valence-electron chi connectivity index (χ1n) is 6.78. The van der Waals surface area contributed by atoms with Gasteiger partial charge >= 0.3 is 0 Å². The normalized spacial score (nSPS) is 13.1. The van der Waals surface area contributed by atoms with Crippen LogP contribution in [0.5, 0.6) is 5.88 Å². The Kier molecular flexibility index (Phi) is 6.02. The number of nitrogens with zero attached hydrogens (tertiary/aromatic N) is 3. The number of aromatic nitrogens is 2. The molecule has 5 nitrogen and oxygen atoms in total. The molecular formula is C14H26N4O. The van der Waals surface area contributed by atoms with Gasteiger partial charge in [-0.25, -0.2) is 9.97 Å². The molecule has 1 heterocycles. The van der Waals surface area contributed by atoms with E-state index in [1.54, 1.807) is 0 Å². The quantitative estimate of drug-likeness (QED) is 0.820. The number of anilines is 1. The fourth-order valence-electron chi connectivity index (χ4n) is 1.73. The monoisotopic (exact) mass is 266 g/mol. The molecule has 108 valence electrons. The lowest BCUT2D eigenvalue weighted by molar-refractivity contribution is 0.232. The Morgan fingerprint density at radius 2 is 1.89 bits per heavy atom. The second-order valence-corrected chi connectivity index (χ2v) is 5.67. The molecule has 19 heavy (non-hydrogen) atoms. The molecule has 0 aliphatic heterocycles. The van der Waals surface area contributed by atoms with Crippen molar-refractivity contribution in [3.63, 3.8) is 0 Å². The summed E-state index contributed by atoms with van der Waals surface area (Å²) in [5.74, 6) is 1.94. The summed E-state index contributed by atoms with van der Waals surface area (Å²) in [6, 6.07) is 2.20. The van der Waals surface area contributed by atoms with Crippen molar-refractivity contribution in [2.45, 2.75) is 39.8 Å². The van der Waals surface area contributed by atoms with Crippen LogP contribution in [0.3, 0.4) is 0 Å². The second-order valence-electron chi connectivity index (χ2n) is 5.67. The van der Waals surface area contributed by atoms with Crippen LogP contribution in [-0.4, -0.2) is 47.7 Å². The summed E-state index contributed by atoms with van der Waals surface area (Å²) in [4.78, 5) is 10.5. The molecule has 0 amide bonds. The van der Waals surface area contributed by atoms with E-state index in [9.17, 15) is 0 Å². The van der Waals surface area contributed by atoms with Crippen LogP contribution >= 0.6 is 0 Å². The van der Waals surface area contributed by atoms with Crippen LogP contribution < -0.4 is 10.1 Å². The summed E-state index contributed by atoms with van der Waals surface area (Å²) in [5.41, 5.74) is 0. The van der Waals surface area contributed by atoms with E-state index >= 15 is 0 Å². The van der Waals surface area contributed by atoms with Crippen LogP contribution in [0.1, 0.15) is 27.7 Å². The minimum atomic E-state index is 0.116. The number of likely N-dealkylation sites (N-methyl/N-ethyl adjacent to an activating group) is 1. The van der Waals surface area contributed by atoms with Crippen molar-refractivity contribution in [3.05, 3.63) is 12.4 Å². The zero-order valence-electron chi connectivity index (χ0n) is 12.8. The van der Waals surface area contributed by atoms with Crippen LogP contribution in [0.4, 0.5) is 5.82 Å². The molecule has 1 aromatic rings. The highest BCUT2D eigenvalue weighted by atomic mass is 16.5. The highest BCUT2D eigenvalue weighted by Crippen LogP contribution is 2.16. The molecule has 1 atom stereocenters. The number of rotatable bonds is 7. The third-order valence-corrected chi connectivity index (χ3v) is 2.70. The van der Waals surface area contributed by atoms with Crippen LogP contribution in [0, 0.1) is 5.92 Å². The molecule has 0 aliphatic rings. The van der Waals surface area contributed by atoms with Crippen molar-refractivity contribution in [1.29, 1.82) is 0 Å². The van der Waals surface area contributed by atoms with Gasteiger partial charge in [-0.15, -0.1) is 0 Å². The average Bonchev–Trinajstić information content (AvgIpc) is 2.26. The van der Waals surface area contributed by atoms with Gasteiger partial charge in [0, 0.05) is 18.7 Å². The lowest BCUT2D eigenvalue weighted by Crippen LogP contribution is -2.36. The van der Waals surface area contributed by atoms with E-state index in [2.05, 4.69) is 48.1 Å². The van der Waals surface area contributed by atoms with Crippen molar-refractivity contribution in [2.24, 2.45) is 5.92 Å². The van der Waals surface area contributed by atoms with Crippen molar-refractivity contribution < 1.29 is 4.74 Å². The maximum absolute atomic E-state index is 5.58. The standard InChI is InChI=1S/C14H26N4O/c1-10(2)12(8-18(5)6)17-13-7-14(16-9-15-13)19-11(3)4/h7,9-12H,8H2,1-6H3,(H,15,16,17). The fourth-order valence-corrected chi connectivity index (χ4v) is 1.73. The van der Waals surface area contributed by atoms with Gasteiger partial charge in [0.1, 0.15) is 12.1 Å². The zero-order chi connectivity index (χ0) is 14.4. The maximum Gasteiger partial charge on any atom is 0.218 e. The molecule has 1 aromatic heterocycles. The summed E-state index contributed by atoms with van der Waals surface area (Å²) in [6.07, 6.45) is 1.65. The van der Waals surface area contributed by atoms with Gasteiger partial charge in [0.05, 0.1) is 6.10 Å². The summed E-state index contributed by atoms with van der Waals surface area (Å²) >= 11 is 0. The van der Waals surface area contributed by atoms with Crippen molar-refractivity contribution >= 4 is 5.82 Å². The van der Waals surface area contributed by atoms with Gasteiger partial charge < -0.3 is 15.0 Å². The Morgan fingerprint density at radius 3 is 2.42 bits per heavy atom. The average molecular weight is 266 g/mol. The van der Waals surface area contributed by atoms with Gasteiger partial charge in [-0.05, 0) is 33.9 Å². The fraction of sp³-hybridized carbons (Fsp3) is 0.714. The Labute approximate surface area is 116 Å². The lowest BCUT2D eigenvalue weighted by atomic mass is 10.0. The number of ether oxygens (including phenoxy) is 1. The summed E-state index contributed by atoms with van der Waals surface area (Å²) in [6.45, 7) is 9.33. The largest absolute Gasteiger partial charge is 0.475 e. The summed E-state index contributed by atoms with van der Waals surface area (Å²) in [5, 5.41) is 3.45. The number of nitrogens with one attached hydrogen (secondary N) is 1. The van der Waals surface area contributed by atoms with Gasteiger partial charge in [0.2, 0.25) is 5.88 Å². The van der Waals surface area contributed by atoms with E-state index in [4.69, 9.17) is 4.74 Å². The van der Waals surface area contributed by atoms with Gasteiger partial charge in [-0.1, -0.05) is 13.8 Å². The molecule has 0 bridgehead atoms. The molecule has 0 radical (unpaired) electrons. The summed E-state index contributed by atoms with van der Waals surface area (Å²) < 4.78 is 5.58. The predicted octanol–water partition coefficient (Wildman–Crippen LogP) is 2.26. The molecule has 0 saturated carbocycles. The minimum Gasteiger partial charge on any atom is -0.475 e. The topological polar surface area (TPSA) is 50.3 Å². The Hall–Kier alpha value is -1.36. The minimum absolute atomic E-state index is 0.116. The third-order valence-electron chi connectivity index (χ3n) is 2.70. The van der Waals surface area contributed by atoms with E-state index in [1.165, 1.54) is 6.33 Å². The highest BCUT2D eigenvalue weighted by molar-refractivity contribution is 5.38. The van der Waals surface area contributed by atoms with Crippen molar-refractivity contribution in [2.75, 3.05) is 26.0 Å². The van der Waals surface area contributed by atoms with Crippen LogP contribution in [0.25, 0.3) is 0 Å². The van der Waals surface area contributed by atoms with E-state index in [0.29, 0.717) is 17.8 Å². The second kappa shape index (κ2) is 7.28. The first-order valence-corrected chi connectivity index (χ1v) is 6.78. The van der Waals surface area contributed by atoms with Crippen molar-refractivity contribution in [3.8, 4) is 5.88 Å². The molecule has 5 heteroatoms. The van der Waals surface area contributed by atoms with Crippen LogP contribution in [-0.2, 0) is 0 Å². The van der Waals surface area contributed by atoms with Crippen molar-refractivity contribution in [1.82, 2.24) is 14.9 Å². The van der Waals surface area contributed by atoms with Crippen LogP contribution in [0.15, 0.2) is 12.4 Å². The molecule has 0 saturated heterocycles. The van der Waals surface area contributed by atoms with Gasteiger partial charge in [0.15, 0.2) is 0 Å². The highest BCUT2D eigenvalue weighted by Gasteiger charge is 2.15. The Bertz CT molecular complexity index is 379. The van der Waals surface area contributed by atoms with E-state index in [0.717, 1.165) is 12.4 Å². The molecule has 1 N–H and O–H groups in total. The molecule has 0 aromatic carbocycles. The summed E-state index contributed by atoms with van der Waals surface area (Å²) in [7, 11) is 4.15. The Balaban J connectivity index is 2.73. The number of hydrogen-bond donors (Lipinski definition) is 1. The van der Waals surface area contributed by atoms with E-state index < -0.39 is 0 Å². The molecule has 1 rings (SSSR count). The molecule has 0 fully saturated rings. The van der Waals surface area contributed by atoms with E-state index in [-0.39, 0.29) is 6.10 Å². The maximum atomic E-state index is 5.58. The van der Waals surface area contributed by atoms with Crippen LogP contribution in [0.2, 0.25) is 0 Å². The smallest absolute Gasteiger partial charge is 0.218 e. The molecule has 0 spiro atoms. The SMILES string of the molecule is CC(C)Oc1cc(NC(CN(C)C)C(C)C)ncn1. The zero-order valence-corrected chi connectivity index (χ0v) is 12.8.